The molecule has 2 nitrogen and oxygen atoms in total. The van der Waals surface area contributed by atoms with E-state index in [1.807, 2.05) is 49.8 Å². The average molecular weight is 238 g/mol. The number of fused-ring (bicyclic) bond motifs is 1. The smallest absolute Gasteiger partial charge is 0.100 e. The number of para-hydroxylation sites is 1. The van der Waals surface area contributed by atoms with Crippen LogP contribution in [0.15, 0.2) is 54.6 Å². The summed E-state index contributed by atoms with van der Waals surface area (Å²) in [5.74, 6) is 0. The molecule has 0 N–H and O–H groups in total. The quantitative estimate of drug-likeness (QED) is 0.619. The monoisotopic (exact) mass is 238 g/mol. The minimum atomic E-state index is 1.05. The van der Waals surface area contributed by atoms with Crippen molar-refractivity contribution in [3.05, 3.63) is 54.6 Å². The lowest BCUT2D eigenvalue weighted by atomic mass is 10.1. The van der Waals surface area contributed by atoms with Crippen molar-refractivity contribution in [2.24, 2.45) is 7.05 Å². The van der Waals surface area contributed by atoms with E-state index in [1.54, 1.807) is 0 Å². The summed E-state index contributed by atoms with van der Waals surface area (Å²) in [5, 5.41) is 5.78. The second-order valence-corrected chi connectivity index (χ2v) is 3.86. The minimum Gasteiger partial charge on any atom is -0.267 e. The van der Waals surface area contributed by atoms with Gasteiger partial charge in [0.25, 0.3) is 0 Å². The Bertz CT molecular complexity index is 624. The van der Waals surface area contributed by atoms with E-state index < -0.39 is 0 Å². The molecule has 2 heteroatoms. The van der Waals surface area contributed by atoms with Gasteiger partial charge in [-0.25, -0.2) is 0 Å². The molecule has 0 bridgehead atoms. The van der Waals surface area contributed by atoms with Gasteiger partial charge in [0, 0.05) is 18.0 Å². The molecule has 0 unspecified atom stereocenters. The SMILES string of the molecule is CC.Cn1nc(-c2ccccc2)c2ccccc21. The summed E-state index contributed by atoms with van der Waals surface area (Å²) >= 11 is 0. The van der Waals surface area contributed by atoms with Gasteiger partial charge in [-0.2, -0.15) is 5.10 Å². The molecule has 1 aromatic heterocycles. The Morgan fingerprint density at radius 3 is 2.17 bits per heavy atom. The summed E-state index contributed by atoms with van der Waals surface area (Å²) in [7, 11) is 1.98. The van der Waals surface area contributed by atoms with Crippen molar-refractivity contribution in [2.45, 2.75) is 13.8 Å². The van der Waals surface area contributed by atoms with Crippen molar-refractivity contribution in [1.29, 1.82) is 0 Å². The van der Waals surface area contributed by atoms with Crippen molar-refractivity contribution in [3.63, 3.8) is 0 Å². The molecule has 0 atom stereocenters. The van der Waals surface area contributed by atoms with Crippen LogP contribution in [0.4, 0.5) is 0 Å². The van der Waals surface area contributed by atoms with E-state index >= 15 is 0 Å². The predicted octanol–water partition coefficient (Wildman–Crippen LogP) is 4.27. The van der Waals surface area contributed by atoms with Gasteiger partial charge < -0.3 is 0 Å². The van der Waals surface area contributed by atoms with Crippen LogP contribution >= 0.6 is 0 Å². The maximum atomic E-state index is 4.58. The standard InChI is InChI=1S/C14H12N2.C2H6/c1-16-13-10-6-5-9-12(13)14(15-16)11-7-3-2-4-8-11;1-2/h2-10H,1H3;1-2H3. The molecule has 0 saturated carbocycles. The van der Waals surface area contributed by atoms with Gasteiger partial charge in [-0.3, -0.25) is 4.68 Å². The van der Waals surface area contributed by atoms with Gasteiger partial charge in [0.1, 0.15) is 5.69 Å². The third-order valence-electron chi connectivity index (χ3n) is 2.81. The van der Waals surface area contributed by atoms with Crippen molar-refractivity contribution >= 4 is 10.9 Å². The predicted molar refractivity (Wildman–Crippen MR) is 77.5 cm³/mol. The molecule has 0 radical (unpaired) electrons. The molecular formula is C16H18N2. The normalized spacial score (nSPS) is 9.94. The second kappa shape index (κ2) is 5.50. The second-order valence-electron chi connectivity index (χ2n) is 3.86. The molecule has 3 rings (SSSR count). The zero-order chi connectivity index (χ0) is 13.0. The first-order chi connectivity index (χ1) is 8.86. The fraction of sp³-hybridized carbons (Fsp3) is 0.188. The van der Waals surface area contributed by atoms with Gasteiger partial charge in [-0.1, -0.05) is 62.4 Å². The third-order valence-corrected chi connectivity index (χ3v) is 2.81. The van der Waals surface area contributed by atoms with Crippen molar-refractivity contribution in [3.8, 4) is 11.3 Å². The van der Waals surface area contributed by atoms with Crippen LogP contribution in [0.2, 0.25) is 0 Å². The van der Waals surface area contributed by atoms with Crippen LogP contribution in [-0.4, -0.2) is 9.78 Å². The van der Waals surface area contributed by atoms with Crippen molar-refractivity contribution in [2.75, 3.05) is 0 Å². The average Bonchev–Trinajstić information content (AvgIpc) is 2.80. The first-order valence-corrected chi connectivity index (χ1v) is 6.33. The van der Waals surface area contributed by atoms with Gasteiger partial charge in [0.15, 0.2) is 0 Å². The number of aryl methyl sites for hydroxylation is 1. The first-order valence-electron chi connectivity index (χ1n) is 6.33. The topological polar surface area (TPSA) is 17.8 Å². The molecule has 0 saturated heterocycles. The molecule has 3 aromatic rings. The molecule has 0 spiro atoms. The van der Waals surface area contributed by atoms with E-state index in [4.69, 9.17) is 0 Å². The summed E-state index contributed by atoms with van der Waals surface area (Å²) < 4.78 is 1.93. The molecule has 1 heterocycles. The Balaban J connectivity index is 0.000000574. The van der Waals surface area contributed by atoms with E-state index in [2.05, 4.69) is 35.4 Å². The summed E-state index contributed by atoms with van der Waals surface area (Å²) in [5.41, 5.74) is 3.39. The summed E-state index contributed by atoms with van der Waals surface area (Å²) in [6, 6.07) is 18.6. The van der Waals surface area contributed by atoms with Crippen LogP contribution in [-0.2, 0) is 7.05 Å². The highest BCUT2D eigenvalue weighted by molar-refractivity contribution is 5.93. The largest absolute Gasteiger partial charge is 0.267 e. The Labute approximate surface area is 108 Å². The summed E-state index contributed by atoms with van der Waals surface area (Å²) in [4.78, 5) is 0. The molecule has 0 amide bonds. The first kappa shape index (κ1) is 12.4. The van der Waals surface area contributed by atoms with Gasteiger partial charge >= 0.3 is 0 Å². The van der Waals surface area contributed by atoms with E-state index in [1.165, 1.54) is 16.5 Å². The fourth-order valence-electron chi connectivity index (χ4n) is 2.02. The Kier molecular flexibility index (Phi) is 3.78. The third kappa shape index (κ3) is 2.14. The van der Waals surface area contributed by atoms with Crippen LogP contribution in [0.3, 0.4) is 0 Å². The molecule has 0 fully saturated rings. The highest BCUT2D eigenvalue weighted by atomic mass is 15.3. The number of hydrogen-bond acceptors (Lipinski definition) is 1. The molecule has 92 valence electrons. The van der Waals surface area contributed by atoms with E-state index in [9.17, 15) is 0 Å². The van der Waals surface area contributed by atoms with Gasteiger partial charge in [0.2, 0.25) is 0 Å². The van der Waals surface area contributed by atoms with Crippen LogP contribution < -0.4 is 0 Å². The lowest BCUT2D eigenvalue weighted by Gasteiger charge is -1.95. The number of benzene rings is 2. The number of nitrogens with zero attached hydrogens (tertiary/aromatic N) is 2. The zero-order valence-corrected chi connectivity index (χ0v) is 11.1. The lowest BCUT2D eigenvalue weighted by Crippen LogP contribution is -1.89. The number of hydrogen-bond donors (Lipinski definition) is 0. The maximum absolute atomic E-state index is 4.58. The number of aromatic nitrogens is 2. The van der Waals surface area contributed by atoms with Crippen LogP contribution in [0, 0.1) is 0 Å². The summed E-state index contributed by atoms with van der Waals surface area (Å²) in [6.45, 7) is 4.00. The molecule has 2 aromatic carbocycles. The van der Waals surface area contributed by atoms with Gasteiger partial charge in [-0.15, -0.1) is 0 Å². The summed E-state index contributed by atoms with van der Waals surface area (Å²) in [6.07, 6.45) is 0. The van der Waals surface area contributed by atoms with E-state index in [0.29, 0.717) is 0 Å². The molecule has 0 aliphatic rings. The molecule has 18 heavy (non-hydrogen) atoms. The minimum absolute atomic E-state index is 1.05. The van der Waals surface area contributed by atoms with E-state index in [-0.39, 0.29) is 0 Å². The molecule has 0 aliphatic carbocycles. The van der Waals surface area contributed by atoms with E-state index in [0.717, 1.165) is 5.69 Å². The van der Waals surface area contributed by atoms with Crippen molar-refractivity contribution in [1.82, 2.24) is 9.78 Å². The Hall–Kier alpha value is -2.09. The van der Waals surface area contributed by atoms with Crippen molar-refractivity contribution < 1.29 is 0 Å². The molecular weight excluding hydrogens is 220 g/mol. The van der Waals surface area contributed by atoms with Crippen LogP contribution in [0.5, 0.6) is 0 Å². The van der Waals surface area contributed by atoms with Gasteiger partial charge in [-0.05, 0) is 6.07 Å². The lowest BCUT2D eigenvalue weighted by molar-refractivity contribution is 0.800. The number of rotatable bonds is 1. The Morgan fingerprint density at radius 1 is 0.833 bits per heavy atom. The molecule has 0 aliphatic heterocycles. The Morgan fingerprint density at radius 2 is 1.44 bits per heavy atom. The maximum Gasteiger partial charge on any atom is 0.100 e. The zero-order valence-electron chi connectivity index (χ0n) is 11.1. The highest BCUT2D eigenvalue weighted by Gasteiger charge is 2.08. The van der Waals surface area contributed by atoms with Gasteiger partial charge in [0.05, 0.1) is 5.52 Å². The highest BCUT2D eigenvalue weighted by Crippen LogP contribution is 2.26. The fourth-order valence-corrected chi connectivity index (χ4v) is 2.02. The van der Waals surface area contributed by atoms with Crippen LogP contribution in [0.1, 0.15) is 13.8 Å². The van der Waals surface area contributed by atoms with Crippen LogP contribution in [0.25, 0.3) is 22.2 Å².